The Kier molecular flexibility index (Phi) is 5.88. The van der Waals surface area contributed by atoms with Gasteiger partial charge in [-0.25, -0.2) is 4.79 Å². The number of nitrogens with one attached hydrogen (secondary N) is 1. The highest BCUT2D eigenvalue weighted by atomic mass is 31.1. The molecule has 1 unspecified atom stereocenters. The molecular formula is C19H20NO3P. The van der Waals surface area contributed by atoms with Crippen LogP contribution in [0.3, 0.4) is 0 Å². The number of allylic oxidation sites excluding steroid dienone is 1. The zero-order valence-corrected chi connectivity index (χ0v) is 14.9. The third-order valence-corrected chi connectivity index (χ3v) is 5.96. The van der Waals surface area contributed by atoms with Gasteiger partial charge in [0, 0.05) is 12.6 Å². The van der Waals surface area contributed by atoms with E-state index >= 15 is 0 Å². The Morgan fingerprint density at radius 3 is 2.33 bits per heavy atom. The number of esters is 1. The Bertz CT molecular complexity index is 771. The molecule has 0 aliphatic rings. The van der Waals surface area contributed by atoms with Crippen molar-refractivity contribution in [2.45, 2.75) is 6.92 Å². The number of rotatable bonds is 5. The van der Waals surface area contributed by atoms with Crippen LogP contribution in [0.4, 0.5) is 0 Å². The largest absolute Gasteiger partial charge is 0.465 e. The number of amides is 1. The van der Waals surface area contributed by atoms with Gasteiger partial charge < -0.3 is 10.1 Å². The quantitative estimate of drug-likeness (QED) is 0.672. The normalized spacial score (nSPS) is 11.5. The predicted octanol–water partition coefficient (Wildman–Crippen LogP) is 2.80. The molecule has 2 aromatic rings. The van der Waals surface area contributed by atoms with Gasteiger partial charge in [0.25, 0.3) is 5.91 Å². The maximum Gasteiger partial charge on any atom is 0.338 e. The second kappa shape index (κ2) is 7.89. The molecule has 0 radical (unpaired) electrons. The van der Waals surface area contributed by atoms with Crippen LogP contribution in [0, 0.1) is 0 Å². The van der Waals surface area contributed by atoms with Crippen molar-refractivity contribution in [3.05, 3.63) is 71.6 Å². The van der Waals surface area contributed by atoms with Gasteiger partial charge in [0.05, 0.1) is 12.7 Å². The number of hydrogen-bond donors (Lipinski definition) is 1. The van der Waals surface area contributed by atoms with Crippen LogP contribution in [-0.2, 0) is 4.74 Å². The molecule has 0 fully saturated rings. The lowest BCUT2D eigenvalue weighted by atomic mass is 10.1. The van der Waals surface area contributed by atoms with Gasteiger partial charge in [-0.2, -0.15) is 0 Å². The van der Waals surface area contributed by atoms with Crippen LogP contribution in [0.1, 0.15) is 27.6 Å². The molecule has 0 aliphatic carbocycles. The molecule has 0 saturated heterocycles. The lowest BCUT2D eigenvalue weighted by Crippen LogP contribution is -2.24. The third-order valence-electron chi connectivity index (χ3n) is 3.53. The smallest absolute Gasteiger partial charge is 0.338 e. The first-order valence-corrected chi connectivity index (χ1v) is 8.79. The van der Waals surface area contributed by atoms with Crippen molar-refractivity contribution < 1.29 is 14.3 Å². The molecule has 124 valence electrons. The average molecular weight is 341 g/mol. The standard InChI is InChI=1S/C19H20NO3P/c1-13(2)24(15-8-6-5-7-9-15)17-12-14(18(21)20-3)10-11-16(17)19(22)23-4/h5-12H,1H2,2-4H3,(H,20,21). The Morgan fingerprint density at radius 2 is 1.79 bits per heavy atom. The van der Waals surface area contributed by atoms with E-state index in [4.69, 9.17) is 4.74 Å². The van der Waals surface area contributed by atoms with E-state index in [-0.39, 0.29) is 5.91 Å². The van der Waals surface area contributed by atoms with Gasteiger partial charge in [0.2, 0.25) is 0 Å². The maximum atomic E-state index is 12.2. The SMILES string of the molecule is C=C(C)P(c1ccccc1)c1cc(C(=O)NC)ccc1C(=O)OC. The average Bonchev–Trinajstić information content (AvgIpc) is 2.61. The van der Waals surface area contributed by atoms with Gasteiger partial charge >= 0.3 is 5.97 Å². The lowest BCUT2D eigenvalue weighted by molar-refractivity contribution is 0.0602. The molecule has 24 heavy (non-hydrogen) atoms. The monoisotopic (exact) mass is 341 g/mol. The summed E-state index contributed by atoms with van der Waals surface area (Å²) < 4.78 is 4.91. The summed E-state index contributed by atoms with van der Waals surface area (Å²) in [5.74, 6) is -0.615. The van der Waals surface area contributed by atoms with Crippen LogP contribution in [0.15, 0.2) is 60.4 Å². The number of methoxy groups -OCH3 is 1. The van der Waals surface area contributed by atoms with Crippen molar-refractivity contribution in [1.29, 1.82) is 0 Å². The molecule has 1 atom stereocenters. The topological polar surface area (TPSA) is 55.4 Å². The fourth-order valence-corrected chi connectivity index (χ4v) is 4.70. The van der Waals surface area contributed by atoms with Crippen molar-refractivity contribution in [1.82, 2.24) is 5.32 Å². The minimum atomic E-state index is -0.990. The Balaban J connectivity index is 2.68. The van der Waals surface area contributed by atoms with Crippen LogP contribution in [0.25, 0.3) is 0 Å². The van der Waals surface area contributed by atoms with E-state index in [1.165, 1.54) is 7.11 Å². The van der Waals surface area contributed by atoms with Gasteiger partial charge in [-0.1, -0.05) is 36.9 Å². The molecule has 0 aromatic heterocycles. The number of benzene rings is 2. The second-order valence-corrected chi connectivity index (χ2v) is 7.64. The molecule has 5 heteroatoms. The van der Waals surface area contributed by atoms with Crippen molar-refractivity contribution in [2.24, 2.45) is 0 Å². The van der Waals surface area contributed by atoms with Crippen molar-refractivity contribution >= 4 is 30.4 Å². The summed E-state index contributed by atoms with van der Waals surface area (Å²) in [6.45, 7) is 6.04. The zero-order valence-electron chi connectivity index (χ0n) is 14.0. The van der Waals surface area contributed by atoms with Crippen molar-refractivity contribution in [2.75, 3.05) is 14.2 Å². The van der Waals surface area contributed by atoms with Crippen molar-refractivity contribution in [3.8, 4) is 0 Å². The van der Waals surface area contributed by atoms with E-state index in [9.17, 15) is 9.59 Å². The lowest BCUT2D eigenvalue weighted by Gasteiger charge is -2.21. The Morgan fingerprint density at radius 1 is 1.12 bits per heavy atom. The Hall–Kier alpha value is -2.45. The molecule has 1 N–H and O–H groups in total. The number of ether oxygens (including phenoxy) is 1. The molecule has 0 aliphatic heterocycles. The molecule has 2 rings (SSSR count). The van der Waals surface area contributed by atoms with Crippen LogP contribution < -0.4 is 15.9 Å². The maximum absolute atomic E-state index is 12.2. The molecule has 0 heterocycles. The van der Waals surface area contributed by atoms with E-state index in [1.807, 2.05) is 37.3 Å². The number of hydrogen-bond acceptors (Lipinski definition) is 3. The zero-order chi connectivity index (χ0) is 17.7. The Labute approximate surface area is 143 Å². The summed E-state index contributed by atoms with van der Waals surface area (Å²) in [7, 11) is 1.94. The van der Waals surface area contributed by atoms with E-state index < -0.39 is 13.9 Å². The number of carbonyl (C=O) groups excluding carboxylic acids is 2. The van der Waals surface area contributed by atoms with Crippen LogP contribution in [0.2, 0.25) is 0 Å². The summed E-state index contributed by atoms with van der Waals surface area (Å²) >= 11 is 0. The second-order valence-electron chi connectivity index (χ2n) is 5.21. The van der Waals surface area contributed by atoms with E-state index in [0.717, 1.165) is 15.9 Å². The fourth-order valence-electron chi connectivity index (χ4n) is 2.43. The minimum Gasteiger partial charge on any atom is -0.465 e. The van der Waals surface area contributed by atoms with Crippen LogP contribution >= 0.6 is 7.92 Å². The highest BCUT2D eigenvalue weighted by Crippen LogP contribution is 2.42. The van der Waals surface area contributed by atoms with Gasteiger partial charge in [-0.15, -0.1) is 0 Å². The fraction of sp³-hybridized carbons (Fsp3) is 0.158. The molecule has 2 aromatic carbocycles. The van der Waals surface area contributed by atoms with Gasteiger partial charge in [-0.3, -0.25) is 4.79 Å². The van der Waals surface area contributed by atoms with Gasteiger partial charge in [0.15, 0.2) is 0 Å². The molecule has 0 bridgehead atoms. The van der Waals surface area contributed by atoms with E-state index in [1.54, 1.807) is 25.2 Å². The molecule has 0 spiro atoms. The first-order valence-electron chi connectivity index (χ1n) is 7.44. The van der Waals surface area contributed by atoms with Gasteiger partial charge in [0.1, 0.15) is 0 Å². The first-order chi connectivity index (χ1) is 11.5. The van der Waals surface area contributed by atoms with Crippen LogP contribution in [-0.4, -0.2) is 26.0 Å². The van der Waals surface area contributed by atoms with E-state index in [0.29, 0.717) is 11.1 Å². The molecular weight excluding hydrogens is 321 g/mol. The third kappa shape index (κ3) is 3.72. The molecule has 1 amide bonds. The minimum absolute atomic E-state index is 0.197. The van der Waals surface area contributed by atoms with Crippen LogP contribution in [0.5, 0.6) is 0 Å². The summed E-state index contributed by atoms with van der Waals surface area (Å²) in [4.78, 5) is 24.2. The molecule has 0 saturated carbocycles. The summed E-state index contributed by atoms with van der Waals surface area (Å²) in [5.41, 5.74) is 0.966. The van der Waals surface area contributed by atoms with E-state index in [2.05, 4.69) is 11.9 Å². The van der Waals surface area contributed by atoms with Gasteiger partial charge in [-0.05, 0) is 49.0 Å². The number of carbonyl (C=O) groups is 2. The summed E-state index contributed by atoms with van der Waals surface area (Å²) in [5, 5.41) is 5.39. The highest BCUT2D eigenvalue weighted by Gasteiger charge is 2.23. The summed E-state index contributed by atoms with van der Waals surface area (Å²) in [6.07, 6.45) is 0. The van der Waals surface area contributed by atoms with Crippen molar-refractivity contribution in [3.63, 3.8) is 0 Å². The molecule has 4 nitrogen and oxygen atoms in total. The highest BCUT2D eigenvalue weighted by molar-refractivity contribution is 7.76. The summed E-state index contributed by atoms with van der Waals surface area (Å²) in [6, 6.07) is 14.9. The first kappa shape index (κ1) is 17.9. The predicted molar refractivity (Wildman–Crippen MR) is 98.6 cm³/mol.